The van der Waals surface area contributed by atoms with Crippen molar-refractivity contribution in [1.29, 1.82) is 0 Å². The van der Waals surface area contributed by atoms with Crippen LogP contribution >= 0.6 is 0 Å². The number of carbonyl (C=O) groups excluding carboxylic acids is 2. The number of rotatable bonds is 5. The SMILES string of the molecule is CCCC1NC(=O)N(CCC2CCCCN2)C1=O. The molecule has 0 aliphatic carbocycles. The summed E-state index contributed by atoms with van der Waals surface area (Å²) in [5, 5.41) is 6.20. The van der Waals surface area contributed by atoms with Crippen LogP contribution in [0.25, 0.3) is 0 Å². The Morgan fingerprint density at radius 2 is 2.11 bits per heavy atom. The Hall–Kier alpha value is -1.10. The summed E-state index contributed by atoms with van der Waals surface area (Å²) in [5.74, 6) is -0.0438. The molecule has 2 atom stereocenters. The van der Waals surface area contributed by atoms with Crippen LogP contribution in [0.3, 0.4) is 0 Å². The number of imide groups is 1. The highest BCUT2D eigenvalue weighted by Gasteiger charge is 2.37. The van der Waals surface area contributed by atoms with E-state index in [9.17, 15) is 9.59 Å². The lowest BCUT2D eigenvalue weighted by molar-refractivity contribution is -0.127. The summed E-state index contributed by atoms with van der Waals surface area (Å²) in [5.41, 5.74) is 0. The summed E-state index contributed by atoms with van der Waals surface area (Å²) in [6.07, 6.45) is 6.16. The molecule has 5 heteroatoms. The van der Waals surface area contributed by atoms with E-state index in [0.29, 0.717) is 12.6 Å². The molecule has 5 nitrogen and oxygen atoms in total. The monoisotopic (exact) mass is 253 g/mol. The zero-order valence-electron chi connectivity index (χ0n) is 11.1. The predicted octanol–water partition coefficient (Wildman–Crippen LogP) is 1.24. The van der Waals surface area contributed by atoms with Crippen molar-refractivity contribution in [2.45, 2.75) is 57.5 Å². The van der Waals surface area contributed by atoms with Crippen LogP contribution in [0.5, 0.6) is 0 Å². The number of piperidine rings is 1. The number of urea groups is 1. The maximum Gasteiger partial charge on any atom is 0.324 e. The van der Waals surface area contributed by atoms with E-state index in [4.69, 9.17) is 0 Å². The maximum atomic E-state index is 12.0. The van der Waals surface area contributed by atoms with Crippen LogP contribution in [-0.4, -0.2) is 42.0 Å². The molecule has 2 aliphatic heterocycles. The van der Waals surface area contributed by atoms with E-state index in [1.165, 1.54) is 17.7 Å². The Bertz CT molecular complexity index is 313. The molecule has 0 bridgehead atoms. The predicted molar refractivity (Wildman–Crippen MR) is 69.2 cm³/mol. The van der Waals surface area contributed by atoms with Gasteiger partial charge in [-0.25, -0.2) is 4.79 Å². The lowest BCUT2D eigenvalue weighted by Gasteiger charge is -2.24. The van der Waals surface area contributed by atoms with Gasteiger partial charge in [0.2, 0.25) is 0 Å². The zero-order valence-corrected chi connectivity index (χ0v) is 11.1. The van der Waals surface area contributed by atoms with Gasteiger partial charge in [-0.15, -0.1) is 0 Å². The van der Waals surface area contributed by atoms with Crippen molar-refractivity contribution >= 4 is 11.9 Å². The highest BCUT2D eigenvalue weighted by Crippen LogP contribution is 2.15. The first-order valence-corrected chi connectivity index (χ1v) is 7.07. The van der Waals surface area contributed by atoms with Crippen LogP contribution in [-0.2, 0) is 4.79 Å². The van der Waals surface area contributed by atoms with Gasteiger partial charge in [-0.2, -0.15) is 0 Å². The van der Waals surface area contributed by atoms with Gasteiger partial charge < -0.3 is 10.6 Å². The van der Waals surface area contributed by atoms with E-state index < -0.39 is 0 Å². The summed E-state index contributed by atoms with van der Waals surface area (Å²) in [4.78, 5) is 25.1. The molecular formula is C13H23N3O2. The van der Waals surface area contributed by atoms with Crippen molar-refractivity contribution in [1.82, 2.24) is 15.5 Å². The van der Waals surface area contributed by atoms with Gasteiger partial charge in [0.25, 0.3) is 5.91 Å². The molecule has 2 N–H and O–H groups in total. The van der Waals surface area contributed by atoms with Crippen LogP contribution in [0.1, 0.15) is 45.4 Å². The normalized spacial score (nSPS) is 28.6. The van der Waals surface area contributed by atoms with Gasteiger partial charge in [0, 0.05) is 12.6 Å². The number of nitrogens with zero attached hydrogens (tertiary/aromatic N) is 1. The molecule has 3 amide bonds. The Labute approximate surface area is 108 Å². The van der Waals surface area contributed by atoms with Gasteiger partial charge in [0.15, 0.2) is 0 Å². The molecule has 2 fully saturated rings. The van der Waals surface area contributed by atoms with E-state index in [1.54, 1.807) is 0 Å². The van der Waals surface area contributed by atoms with Crippen molar-refractivity contribution in [3.8, 4) is 0 Å². The molecule has 0 saturated carbocycles. The quantitative estimate of drug-likeness (QED) is 0.725. The molecular weight excluding hydrogens is 230 g/mol. The van der Waals surface area contributed by atoms with E-state index in [-0.39, 0.29) is 18.0 Å². The highest BCUT2D eigenvalue weighted by molar-refractivity contribution is 6.04. The molecule has 0 aromatic rings. The van der Waals surface area contributed by atoms with Gasteiger partial charge in [-0.3, -0.25) is 9.69 Å². The fourth-order valence-electron chi connectivity index (χ4n) is 2.73. The van der Waals surface area contributed by atoms with Gasteiger partial charge in [0.1, 0.15) is 6.04 Å². The van der Waals surface area contributed by atoms with Gasteiger partial charge in [0.05, 0.1) is 0 Å². The highest BCUT2D eigenvalue weighted by atomic mass is 16.2. The van der Waals surface area contributed by atoms with Gasteiger partial charge >= 0.3 is 6.03 Å². The molecule has 0 aromatic heterocycles. The van der Waals surface area contributed by atoms with Crippen LogP contribution in [0.2, 0.25) is 0 Å². The number of hydrogen-bond donors (Lipinski definition) is 2. The Kier molecular flexibility index (Phi) is 4.58. The number of hydrogen-bond acceptors (Lipinski definition) is 3. The zero-order chi connectivity index (χ0) is 13.0. The molecule has 102 valence electrons. The lowest BCUT2D eigenvalue weighted by Crippen LogP contribution is -2.39. The van der Waals surface area contributed by atoms with Crippen molar-refractivity contribution in [3.63, 3.8) is 0 Å². The second-order valence-electron chi connectivity index (χ2n) is 5.22. The number of carbonyl (C=O) groups is 2. The van der Waals surface area contributed by atoms with E-state index in [1.807, 2.05) is 6.92 Å². The van der Waals surface area contributed by atoms with Gasteiger partial charge in [-0.1, -0.05) is 19.8 Å². The van der Waals surface area contributed by atoms with E-state index >= 15 is 0 Å². The molecule has 2 unspecified atom stereocenters. The first-order valence-electron chi connectivity index (χ1n) is 7.07. The summed E-state index contributed by atoms with van der Waals surface area (Å²) in [6, 6.07) is -0.0411. The first kappa shape index (κ1) is 13.3. The fraction of sp³-hybridized carbons (Fsp3) is 0.846. The third-order valence-corrected chi connectivity index (χ3v) is 3.80. The Morgan fingerprint density at radius 1 is 1.28 bits per heavy atom. The molecule has 2 aliphatic rings. The minimum atomic E-state index is -0.290. The third-order valence-electron chi connectivity index (χ3n) is 3.80. The standard InChI is InChI=1S/C13H23N3O2/c1-2-5-11-12(17)16(13(18)15-11)9-7-10-6-3-4-8-14-10/h10-11,14H,2-9H2,1H3,(H,15,18). The number of nitrogens with one attached hydrogen (secondary N) is 2. The smallest absolute Gasteiger partial charge is 0.324 e. The average Bonchev–Trinajstić information content (AvgIpc) is 2.64. The molecule has 0 aromatic carbocycles. The topological polar surface area (TPSA) is 61.4 Å². The second kappa shape index (κ2) is 6.18. The molecule has 0 radical (unpaired) electrons. The van der Waals surface area contributed by atoms with Crippen molar-refractivity contribution in [2.24, 2.45) is 0 Å². The van der Waals surface area contributed by atoms with Crippen LogP contribution < -0.4 is 10.6 Å². The Balaban J connectivity index is 1.81. The minimum absolute atomic E-state index is 0.0438. The van der Waals surface area contributed by atoms with Crippen molar-refractivity contribution in [2.75, 3.05) is 13.1 Å². The van der Waals surface area contributed by atoms with Crippen LogP contribution in [0, 0.1) is 0 Å². The van der Waals surface area contributed by atoms with Crippen LogP contribution in [0.15, 0.2) is 0 Å². The van der Waals surface area contributed by atoms with Crippen LogP contribution in [0.4, 0.5) is 4.79 Å². The summed E-state index contributed by atoms with van der Waals surface area (Å²) in [7, 11) is 0. The maximum absolute atomic E-state index is 12.0. The molecule has 2 rings (SSSR count). The Morgan fingerprint density at radius 3 is 2.78 bits per heavy atom. The van der Waals surface area contributed by atoms with E-state index in [0.717, 1.165) is 32.2 Å². The summed E-state index contributed by atoms with van der Waals surface area (Å²) < 4.78 is 0. The largest absolute Gasteiger partial charge is 0.326 e. The summed E-state index contributed by atoms with van der Waals surface area (Å²) >= 11 is 0. The second-order valence-corrected chi connectivity index (χ2v) is 5.22. The molecule has 2 heterocycles. The minimum Gasteiger partial charge on any atom is -0.326 e. The van der Waals surface area contributed by atoms with Gasteiger partial charge in [-0.05, 0) is 32.2 Å². The van der Waals surface area contributed by atoms with Crippen molar-refractivity contribution in [3.05, 3.63) is 0 Å². The summed E-state index contributed by atoms with van der Waals surface area (Å²) in [6.45, 7) is 3.62. The molecule has 2 saturated heterocycles. The fourth-order valence-corrected chi connectivity index (χ4v) is 2.73. The molecule has 0 spiro atoms. The average molecular weight is 253 g/mol. The number of amides is 3. The molecule has 18 heavy (non-hydrogen) atoms. The van der Waals surface area contributed by atoms with Crippen molar-refractivity contribution < 1.29 is 9.59 Å². The third kappa shape index (κ3) is 3.02. The van der Waals surface area contributed by atoms with E-state index in [2.05, 4.69) is 10.6 Å². The first-order chi connectivity index (χ1) is 8.72. The lowest BCUT2D eigenvalue weighted by atomic mass is 10.0.